The van der Waals surface area contributed by atoms with Crippen molar-refractivity contribution in [2.75, 3.05) is 5.73 Å². The van der Waals surface area contributed by atoms with Gasteiger partial charge in [-0.25, -0.2) is 0 Å². The van der Waals surface area contributed by atoms with Gasteiger partial charge in [-0.3, -0.25) is 0 Å². The molecule has 3 rings (SSSR count). The normalized spacial score (nSPS) is 19.0. The predicted molar refractivity (Wildman–Crippen MR) is 74.7 cm³/mol. The van der Waals surface area contributed by atoms with Crippen molar-refractivity contribution < 1.29 is 0 Å². The topological polar surface area (TPSA) is 26.0 Å². The second kappa shape index (κ2) is 4.19. The van der Waals surface area contributed by atoms with Crippen LogP contribution in [0.1, 0.15) is 40.3 Å². The Balaban J connectivity index is 2.09. The van der Waals surface area contributed by atoms with Crippen LogP contribution in [0.25, 0.3) is 0 Å². The van der Waals surface area contributed by atoms with Crippen LogP contribution in [-0.4, -0.2) is 0 Å². The highest BCUT2D eigenvalue weighted by atomic mass is 32.1. The van der Waals surface area contributed by atoms with E-state index in [-0.39, 0.29) is 0 Å². The van der Waals surface area contributed by atoms with E-state index in [0.717, 1.165) is 5.00 Å². The van der Waals surface area contributed by atoms with E-state index in [2.05, 4.69) is 37.3 Å². The number of nitrogen functional groups attached to an aromatic ring is 1. The van der Waals surface area contributed by atoms with Crippen LogP contribution in [0, 0.1) is 6.92 Å². The van der Waals surface area contributed by atoms with Gasteiger partial charge in [0.15, 0.2) is 0 Å². The van der Waals surface area contributed by atoms with E-state index in [0.29, 0.717) is 5.92 Å². The molecule has 1 aliphatic carbocycles. The second-order valence-electron chi connectivity index (χ2n) is 4.79. The maximum Gasteiger partial charge on any atom is 0.0892 e. The summed E-state index contributed by atoms with van der Waals surface area (Å²) in [6.07, 6.45) is 3.75. The van der Waals surface area contributed by atoms with Gasteiger partial charge in [-0.2, -0.15) is 0 Å². The third-order valence-electron chi connectivity index (χ3n) is 3.78. The Morgan fingerprint density at radius 1 is 1.24 bits per heavy atom. The highest BCUT2D eigenvalue weighted by Gasteiger charge is 2.26. The maximum atomic E-state index is 6.08. The Morgan fingerprint density at radius 2 is 2.00 bits per heavy atom. The summed E-state index contributed by atoms with van der Waals surface area (Å²) in [5, 5.41) is 1.01. The molecule has 88 valence electrons. The molecule has 1 unspecified atom stereocenters. The first-order valence-electron chi connectivity index (χ1n) is 6.20. The molecule has 0 saturated carbocycles. The van der Waals surface area contributed by atoms with Gasteiger partial charge in [0.25, 0.3) is 0 Å². The molecule has 0 radical (unpaired) electrons. The van der Waals surface area contributed by atoms with E-state index in [1.807, 2.05) is 0 Å². The van der Waals surface area contributed by atoms with Crippen molar-refractivity contribution in [2.24, 2.45) is 0 Å². The van der Waals surface area contributed by atoms with Gasteiger partial charge < -0.3 is 5.73 Å². The van der Waals surface area contributed by atoms with E-state index in [4.69, 9.17) is 5.73 Å². The first-order valence-corrected chi connectivity index (χ1v) is 7.01. The lowest BCUT2D eigenvalue weighted by molar-refractivity contribution is 0.625. The van der Waals surface area contributed by atoms with E-state index < -0.39 is 0 Å². The fourth-order valence-electron chi connectivity index (χ4n) is 2.80. The van der Waals surface area contributed by atoms with E-state index in [1.54, 1.807) is 11.3 Å². The van der Waals surface area contributed by atoms with Crippen molar-refractivity contribution in [2.45, 2.75) is 32.1 Å². The molecular weight excluding hydrogens is 226 g/mol. The van der Waals surface area contributed by atoms with Crippen molar-refractivity contribution in [3.63, 3.8) is 0 Å². The third-order valence-corrected chi connectivity index (χ3v) is 5.05. The van der Waals surface area contributed by atoms with Crippen molar-refractivity contribution in [3.8, 4) is 0 Å². The summed E-state index contributed by atoms with van der Waals surface area (Å²) in [5.74, 6) is 0.570. The Kier molecular flexibility index (Phi) is 2.67. The maximum absolute atomic E-state index is 6.08. The third kappa shape index (κ3) is 1.77. The molecule has 0 amide bonds. The lowest BCUT2D eigenvalue weighted by Crippen LogP contribution is -2.08. The summed E-state index contributed by atoms with van der Waals surface area (Å²) in [4.78, 5) is 1.51. The molecule has 0 aliphatic heterocycles. The fourth-order valence-corrected chi connectivity index (χ4v) is 4.09. The summed E-state index contributed by atoms with van der Waals surface area (Å²) in [6.45, 7) is 2.16. The predicted octanol–water partition coefficient (Wildman–Crippen LogP) is 4.11. The second-order valence-corrected chi connectivity index (χ2v) is 5.87. The van der Waals surface area contributed by atoms with E-state index in [1.165, 1.54) is 40.8 Å². The molecule has 2 aromatic rings. The minimum atomic E-state index is 0.570. The molecule has 0 fully saturated rings. The molecule has 1 aromatic heterocycles. The van der Waals surface area contributed by atoms with Crippen molar-refractivity contribution in [3.05, 3.63) is 51.9 Å². The highest BCUT2D eigenvalue weighted by molar-refractivity contribution is 7.16. The van der Waals surface area contributed by atoms with Crippen molar-refractivity contribution in [1.29, 1.82) is 0 Å². The average Bonchev–Trinajstić information content (AvgIpc) is 2.67. The number of thiophene rings is 1. The minimum absolute atomic E-state index is 0.570. The molecule has 1 aromatic carbocycles. The van der Waals surface area contributed by atoms with Crippen molar-refractivity contribution in [1.82, 2.24) is 0 Å². The van der Waals surface area contributed by atoms with Gasteiger partial charge >= 0.3 is 0 Å². The zero-order chi connectivity index (χ0) is 11.8. The molecule has 0 saturated heterocycles. The van der Waals surface area contributed by atoms with Crippen LogP contribution in [0.15, 0.2) is 30.3 Å². The lowest BCUT2D eigenvalue weighted by Gasteiger charge is -2.23. The van der Waals surface area contributed by atoms with Gasteiger partial charge in [-0.1, -0.05) is 30.3 Å². The molecular formula is C15H17NS. The zero-order valence-corrected chi connectivity index (χ0v) is 10.9. The Hall–Kier alpha value is -1.28. The molecule has 2 heteroatoms. The number of rotatable bonds is 1. The first-order chi connectivity index (χ1) is 8.27. The average molecular weight is 243 g/mol. The number of anilines is 1. The standard InChI is InChI=1S/C15H17NS/c1-10-12-8-5-9-13(14(12)17-15(10)16)11-6-3-2-4-7-11/h2-4,6-7,13H,5,8-9,16H2,1H3. The summed E-state index contributed by atoms with van der Waals surface area (Å²) in [7, 11) is 0. The largest absolute Gasteiger partial charge is 0.390 e. The highest BCUT2D eigenvalue weighted by Crippen LogP contribution is 2.44. The number of nitrogens with two attached hydrogens (primary N) is 1. The van der Waals surface area contributed by atoms with Crippen molar-refractivity contribution >= 4 is 16.3 Å². The summed E-state index contributed by atoms with van der Waals surface area (Å²) in [5.41, 5.74) is 10.4. The minimum Gasteiger partial charge on any atom is -0.390 e. The van der Waals surface area contributed by atoms with Gasteiger partial charge in [0.2, 0.25) is 0 Å². The number of hydrogen-bond acceptors (Lipinski definition) is 2. The molecule has 1 heterocycles. The van der Waals surface area contributed by atoms with Crippen LogP contribution < -0.4 is 5.73 Å². The molecule has 1 aliphatic rings. The SMILES string of the molecule is Cc1c(N)sc2c1CCCC2c1ccccc1. The molecule has 1 nitrogen and oxygen atoms in total. The number of hydrogen-bond donors (Lipinski definition) is 1. The smallest absolute Gasteiger partial charge is 0.0892 e. The van der Waals surface area contributed by atoms with E-state index in [9.17, 15) is 0 Å². The van der Waals surface area contributed by atoms with Crippen LogP contribution in [-0.2, 0) is 6.42 Å². The van der Waals surface area contributed by atoms with Crippen LogP contribution in [0.3, 0.4) is 0 Å². The Bertz CT molecular complexity index is 527. The van der Waals surface area contributed by atoms with Crippen LogP contribution in [0.5, 0.6) is 0 Å². The van der Waals surface area contributed by atoms with Crippen LogP contribution in [0.4, 0.5) is 5.00 Å². The summed E-state index contributed by atoms with van der Waals surface area (Å²) in [6, 6.07) is 10.8. The number of benzene rings is 1. The van der Waals surface area contributed by atoms with E-state index >= 15 is 0 Å². The van der Waals surface area contributed by atoms with Crippen LogP contribution in [0.2, 0.25) is 0 Å². The Morgan fingerprint density at radius 3 is 2.76 bits per heavy atom. The molecule has 0 bridgehead atoms. The van der Waals surface area contributed by atoms with Gasteiger partial charge in [0.1, 0.15) is 0 Å². The lowest BCUT2D eigenvalue weighted by atomic mass is 9.83. The zero-order valence-electron chi connectivity index (χ0n) is 10.1. The molecule has 2 N–H and O–H groups in total. The monoisotopic (exact) mass is 243 g/mol. The quantitative estimate of drug-likeness (QED) is 0.801. The number of fused-ring (bicyclic) bond motifs is 1. The van der Waals surface area contributed by atoms with Gasteiger partial charge in [-0.05, 0) is 42.9 Å². The van der Waals surface area contributed by atoms with Gasteiger partial charge in [-0.15, -0.1) is 11.3 Å². The summed E-state index contributed by atoms with van der Waals surface area (Å²) < 4.78 is 0. The van der Waals surface area contributed by atoms with Crippen LogP contribution >= 0.6 is 11.3 Å². The Labute approximate surface area is 106 Å². The molecule has 17 heavy (non-hydrogen) atoms. The first kappa shape index (κ1) is 10.8. The molecule has 0 spiro atoms. The van der Waals surface area contributed by atoms with Gasteiger partial charge in [0, 0.05) is 10.8 Å². The fraction of sp³-hybridized carbons (Fsp3) is 0.333. The van der Waals surface area contributed by atoms with Gasteiger partial charge in [0.05, 0.1) is 5.00 Å². The summed E-state index contributed by atoms with van der Waals surface area (Å²) >= 11 is 1.80. The molecule has 1 atom stereocenters.